The molecule has 1 aromatic heterocycles. The number of carbonyl (C=O) groups is 1. The first kappa shape index (κ1) is 19.6. The molecule has 0 fully saturated rings. The number of carbonyl (C=O) groups excluding carboxylic acids is 1. The zero-order valence-corrected chi connectivity index (χ0v) is 16.5. The number of hydrogen-bond donors (Lipinski definition) is 2. The lowest BCUT2D eigenvalue weighted by Crippen LogP contribution is -2.15. The molecule has 0 radical (unpaired) electrons. The van der Waals surface area contributed by atoms with Crippen molar-refractivity contribution in [3.8, 4) is 0 Å². The number of nitrogens with one attached hydrogen (secondary N) is 2. The molecule has 0 saturated heterocycles. The SMILES string of the molecule is O=C(Nc1ccc(F)cc1)c1cccc(NS(=O)(=O)c2cc(Cl)sc2Cl)c1. The Balaban J connectivity index is 1.80. The van der Waals surface area contributed by atoms with Crippen molar-refractivity contribution in [3.63, 3.8) is 0 Å². The second-order valence-corrected chi connectivity index (χ2v) is 9.27. The van der Waals surface area contributed by atoms with Gasteiger partial charge in [0.25, 0.3) is 15.9 Å². The number of halogens is 3. The highest BCUT2D eigenvalue weighted by Gasteiger charge is 2.21. The van der Waals surface area contributed by atoms with Crippen molar-refractivity contribution in [2.24, 2.45) is 0 Å². The summed E-state index contributed by atoms with van der Waals surface area (Å²) in [4.78, 5) is 12.2. The van der Waals surface area contributed by atoms with Crippen molar-refractivity contribution in [1.82, 2.24) is 0 Å². The minimum Gasteiger partial charge on any atom is -0.322 e. The van der Waals surface area contributed by atoms with Crippen LogP contribution >= 0.6 is 34.5 Å². The van der Waals surface area contributed by atoms with Gasteiger partial charge in [-0.3, -0.25) is 9.52 Å². The maximum absolute atomic E-state index is 12.9. The molecule has 1 heterocycles. The Bertz CT molecular complexity index is 1100. The summed E-state index contributed by atoms with van der Waals surface area (Å²) in [7, 11) is -3.96. The van der Waals surface area contributed by atoms with Gasteiger partial charge < -0.3 is 5.32 Å². The molecular formula is C17H11Cl2FN2O3S2. The molecule has 1 amide bonds. The Kier molecular flexibility index (Phi) is 5.71. The Morgan fingerprint density at radius 2 is 1.70 bits per heavy atom. The van der Waals surface area contributed by atoms with Crippen molar-refractivity contribution < 1.29 is 17.6 Å². The predicted molar refractivity (Wildman–Crippen MR) is 106 cm³/mol. The van der Waals surface area contributed by atoms with Crippen molar-refractivity contribution >= 4 is 61.8 Å². The van der Waals surface area contributed by atoms with Gasteiger partial charge in [-0.25, -0.2) is 12.8 Å². The number of anilines is 2. The summed E-state index contributed by atoms with van der Waals surface area (Å²) in [5, 5.41) is 2.60. The average Bonchev–Trinajstić information content (AvgIpc) is 2.96. The van der Waals surface area contributed by atoms with Gasteiger partial charge in [0, 0.05) is 16.9 Å². The fourth-order valence-electron chi connectivity index (χ4n) is 2.18. The van der Waals surface area contributed by atoms with Crippen LogP contribution in [-0.2, 0) is 10.0 Å². The summed E-state index contributed by atoms with van der Waals surface area (Å²) in [6.45, 7) is 0. The first-order valence-corrected chi connectivity index (χ1v) is 10.4. The summed E-state index contributed by atoms with van der Waals surface area (Å²) in [6.07, 6.45) is 0. The topological polar surface area (TPSA) is 75.3 Å². The average molecular weight is 445 g/mol. The number of hydrogen-bond acceptors (Lipinski definition) is 4. The van der Waals surface area contributed by atoms with Gasteiger partial charge in [-0.1, -0.05) is 29.3 Å². The van der Waals surface area contributed by atoms with Crippen LogP contribution < -0.4 is 10.0 Å². The van der Waals surface area contributed by atoms with Gasteiger partial charge in [-0.15, -0.1) is 11.3 Å². The third-order valence-electron chi connectivity index (χ3n) is 3.39. The van der Waals surface area contributed by atoms with Crippen molar-refractivity contribution in [2.75, 3.05) is 10.0 Å². The van der Waals surface area contributed by atoms with Gasteiger partial charge in [0.15, 0.2) is 0 Å². The predicted octanol–water partition coefficient (Wildman–Crippen LogP) is 5.25. The van der Waals surface area contributed by atoms with Crippen molar-refractivity contribution in [3.05, 3.63) is 74.7 Å². The molecule has 27 heavy (non-hydrogen) atoms. The van der Waals surface area contributed by atoms with Crippen LogP contribution in [0.2, 0.25) is 8.67 Å². The van der Waals surface area contributed by atoms with Crippen molar-refractivity contribution in [1.29, 1.82) is 0 Å². The summed E-state index contributed by atoms with van der Waals surface area (Å²) in [5.41, 5.74) is 0.807. The van der Waals surface area contributed by atoms with Crippen LogP contribution in [0.25, 0.3) is 0 Å². The zero-order valence-electron chi connectivity index (χ0n) is 13.4. The van der Waals surface area contributed by atoms with Gasteiger partial charge in [0.1, 0.15) is 15.0 Å². The lowest BCUT2D eigenvalue weighted by Gasteiger charge is -2.09. The maximum atomic E-state index is 12.9. The molecule has 0 aliphatic carbocycles. The molecule has 140 valence electrons. The molecule has 5 nitrogen and oxygen atoms in total. The van der Waals surface area contributed by atoms with Crippen LogP contribution in [-0.4, -0.2) is 14.3 Å². The molecule has 3 rings (SSSR count). The fraction of sp³-hybridized carbons (Fsp3) is 0. The summed E-state index contributed by atoms with van der Waals surface area (Å²) >= 11 is 12.6. The lowest BCUT2D eigenvalue weighted by atomic mass is 10.2. The molecule has 10 heteroatoms. The van der Waals surface area contributed by atoms with E-state index in [1.54, 1.807) is 0 Å². The standard InChI is InChI=1S/C17H11Cl2FN2O3S2/c18-15-9-14(16(19)26-15)27(24,25)22-13-3-1-2-10(8-13)17(23)21-12-6-4-11(20)5-7-12/h1-9,22H,(H,21,23). The maximum Gasteiger partial charge on any atom is 0.264 e. The fourth-order valence-corrected chi connectivity index (χ4v) is 5.38. The highest BCUT2D eigenvalue weighted by molar-refractivity contribution is 7.93. The van der Waals surface area contributed by atoms with E-state index in [1.807, 2.05) is 0 Å². The van der Waals surface area contributed by atoms with Gasteiger partial charge >= 0.3 is 0 Å². The second kappa shape index (κ2) is 7.85. The van der Waals surface area contributed by atoms with E-state index in [9.17, 15) is 17.6 Å². The minimum atomic E-state index is -3.96. The smallest absolute Gasteiger partial charge is 0.264 e. The van der Waals surface area contributed by atoms with E-state index in [2.05, 4.69) is 10.0 Å². The number of rotatable bonds is 5. The normalized spacial score (nSPS) is 11.2. The molecule has 0 aliphatic heterocycles. The summed E-state index contributed by atoms with van der Waals surface area (Å²) < 4.78 is 40.5. The van der Waals surface area contributed by atoms with Gasteiger partial charge in [-0.2, -0.15) is 0 Å². The zero-order chi connectivity index (χ0) is 19.6. The number of benzene rings is 2. The molecule has 0 saturated carbocycles. The van der Waals surface area contributed by atoms with Gasteiger partial charge in [0.05, 0.1) is 4.34 Å². The molecule has 3 aromatic rings. The molecule has 0 aliphatic rings. The van der Waals surface area contributed by atoms with Gasteiger partial charge in [0.2, 0.25) is 0 Å². The first-order chi connectivity index (χ1) is 12.7. The van der Waals surface area contributed by atoms with E-state index < -0.39 is 21.7 Å². The van der Waals surface area contributed by atoms with Crippen LogP contribution in [0.5, 0.6) is 0 Å². The molecule has 0 unspecified atom stereocenters. The van der Waals surface area contributed by atoms with E-state index in [4.69, 9.17) is 23.2 Å². The number of thiophene rings is 1. The minimum absolute atomic E-state index is 0.0395. The largest absolute Gasteiger partial charge is 0.322 e. The second-order valence-electron chi connectivity index (χ2n) is 5.34. The first-order valence-electron chi connectivity index (χ1n) is 7.39. The molecule has 2 aromatic carbocycles. The third-order valence-corrected chi connectivity index (χ3v) is 6.53. The Morgan fingerprint density at radius 1 is 1.00 bits per heavy atom. The molecule has 0 atom stereocenters. The van der Waals surface area contributed by atoms with E-state index in [0.717, 1.165) is 11.3 Å². The molecular weight excluding hydrogens is 434 g/mol. The monoisotopic (exact) mass is 444 g/mol. The number of amides is 1. The summed E-state index contributed by atoms with van der Waals surface area (Å²) in [6, 6.07) is 12.4. The lowest BCUT2D eigenvalue weighted by molar-refractivity contribution is 0.102. The quantitative estimate of drug-likeness (QED) is 0.564. The van der Waals surface area contributed by atoms with Crippen LogP contribution in [0.15, 0.2) is 59.5 Å². The number of sulfonamides is 1. The Hall–Kier alpha value is -2.13. The highest BCUT2D eigenvalue weighted by atomic mass is 35.5. The van der Waals surface area contributed by atoms with Crippen LogP contribution in [0.3, 0.4) is 0 Å². The van der Waals surface area contributed by atoms with Crippen LogP contribution in [0.1, 0.15) is 10.4 Å². The Labute approximate surface area is 168 Å². The van der Waals surface area contributed by atoms with Crippen LogP contribution in [0.4, 0.5) is 15.8 Å². The Morgan fingerprint density at radius 3 is 2.33 bits per heavy atom. The third kappa shape index (κ3) is 4.78. The van der Waals surface area contributed by atoms with Gasteiger partial charge in [-0.05, 0) is 48.5 Å². The van der Waals surface area contributed by atoms with E-state index in [1.165, 1.54) is 54.6 Å². The van der Waals surface area contributed by atoms with Crippen LogP contribution in [0, 0.1) is 5.82 Å². The molecule has 2 N–H and O–H groups in total. The molecule has 0 spiro atoms. The molecule has 0 bridgehead atoms. The summed E-state index contributed by atoms with van der Waals surface area (Å²) in [5.74, 6) is -0.893. The van der Waals surface area contributed by atoms with E-state index in [0.29, 0.717) is 5.69 Å². The van der Waals surface area contributed by atoms with E-state index >= 15 is 0 Å². The highest BCUT2D eigenvalue weighted by Crippen LogP contribution is 2.35. The van der Waals surface area contributed by atoms with Crippen molar-refractivity contribution in [2.45, 2.75) is 4.90 Å². The van der Waals surface area contributed by atoms with E-state index in [-0.39, 0.29) is 24.8 Å².